The maximum absolute atomic E-state index is 12.8. The summed E-state index contributed by atoms with van der Waals surface area (Å²) in [6, 6.07) is 7.55. The molecule has 0 aliphatic carbocycles. The minimum atomic E-state index is -0.509. The fourth-order valence-electron chi connectivity index (χ4n) is 3.50. The van der Waals surface area contributed by atoms with Gasteiger partial charge in [0.2, 0.25) is 5.91 Å². The normalized spacial score (nSPS) is 19.9. The fraction of sp³-hybridized carbons (Fsp3) is 0.619. The van der Waals surface area contributed by atoms with Crippen molar-refractivity contribution in [3.05, 3.63) is 24.3 Å². The van der Waals surface area contributed by atoms with Crippen LogP contribution in [-0.2, 0) is 9.53 Å². The van der Waals surface area contributed by atoms with Gasteiger partial charge in [0.25, 0.3) is 0 Å². The van der Waals surface area contributed by atoms with Crippen molar-refractivity contribution < 1.29 is 23.8 Å². The number of para-hydroxylation sites is 2. The van der Waals surface area contributed by atoms with Gasteiger partial charge in [-0.1, -0.05) is 12.1 Å². The first kappa shape index (κ1) is 20.3. The van der Waals surface area contributed by atoms with Crippen LogP contribution in [0.25, 0.3) is 0 Å². The minimum Gasteiger partial charge on any atom is -0.486 e. The summed E-state index contributed by atoms with van der Waals surface area (Å²) >= 11 is 0. The summed E-state index contributed by atoms with van der Waals surface area (Å²) in [5.41, 5.74) is -0.509. The van der Waals surface area contributed by atoms with Crippen LogP contribution in [0.2, 0.25) is 0 Å². The van der Waals surface area contributed by atoms with Gasteiger partial charge in [0.1, 0.15) is 12.2 Å². The SMILES string of the molecule is CN(C[C@@H]1COc2ccccc2O1)C(=O)C1CCN(C(=O)OC(C)(C)C)CC1. The van der Waals surface area contributed by atoms with Crippen LogP contribution in [0.15, 0.2) is 24.3 Å². The third kappa shape index (κ3) is 5.09. The van der Waals surface area contributed by atoms with E-state index in [1.165, 1.54) is 0 Å². The summed E-state index contributed by atoms with van der Waals surface area (Å²) in [6.07, 6.45) is 0.796. The van der Waals surface area contributed by atoms with Gasteiger partial charge in [-0.15, -0.1) is 0 Å². The van der Waals surface area contributed by atoms with Gasteiger partial charge in [-0.3, -0.25) is 4.79 Å². The second kappa shape index (κ2) is 8.29. The third-order valence-corrected chi connectivity index (χ3v) is 4.92. The zero-order valence-corrected chi connectivity index (χ0v) is 17.1. The molecule has 0 saturated carbocycles. The van der Waals surface area contributed by atoms with E-state index in [0.29, 0.717) is 44.8 Å². The van der Waals surface area contributed by atoms with Gasteiger partial charge in [0.15, 0.2) is 17.6 Å². The predicted molar refractivity (Wildman–Crippen MR) is 105 cm³/mol. The molecule has 0 radical (unpaired) electrons. The Morgan fingerprint density at radius 1 is 1.18 bits per heavy atom. The number of carbonyl (C=O) groups is 2. The Bertz CT molecular complexity index is 707. The highest BCUT2D eigenvalue weighted by atomic mass is 16.6. The van der Waals surface area contributed by atoms with Crippen molar-refractivity contribution in [3.63, 3.8) is 0 Å². The molecule has 1 fully saturated rings. The molecule has 1 saturated heterocycles. The molecule has 0 unspecified atom stereocenters. The number of rotatable bonds is 3. The molecule has 1 aromatic carbocycles. The van der Waals surface area contributed by atoms with Gasteiger partial charge in [0, 0.05) is 26.1 Å². The van der Waals surface area contributed by atoms with Crippen molar-refractivity contribution in [2.24, 2.45) is 5.92 Å². The Morgan fingerprint density at radius 3 is 2.46 bits per heavy atom. The molecule has 154 valence electrons. The standard InChI is InChI=1S/C21H30N2O5/c1-21(2,3)28-20(25)23-11-9-15(10-12-23)19(24)22(4)13-16-14-26-17-7-5-6-8-18(17)27-16/h5-8,15-16H,9-14H2,1-4H3/t16-/m1/s1. The number of hydrogen-bond donors (Lipinski definition) is 0. The summed E-state index contributed by atoms with van der Waals surface area (Å²) < 4.78 is 17.1. The van der Waals surface area contributed by atoms with Crippen LogP contribution < -0.4 is 9.47 Å². The van der Waals surface area contributed by atoms with Gasteiger partial charge in [-0.2, -0.15) is 0 Å². The van der Waals surface area contributed by atoms with Crippen molar-refractivity contribution >= 4 is 12.0 Å². The first-order valence-electron chi connectivity index (χ1n) is 9.84. The van der Waals surface area contributed by atoms with E-state index < -0.39 is 5.60 Å². The molecule has 0 N–H and O–H groups in total. The number of fused-ring (bicyclic) bond motifs is 1. The van der Waals surface area contributed by atoms with E-state index in [1.54, 1.807) is 16.8 Å². The van der Waals surface area contributed by atoms with Crippen molar-refractivity contribution in [2.75, 3.05) is 33.3 Å². The largest absolute Gasteiger partial charge is 0.486 e. The average Bonchev–Trinajstić information content (AvgIpc) is 2.66. The van der Waals surface area contributed by atoms with Gasteiger partial charge in [-0.25, -0.2) is 4.79 Å². The molecule has 28 heavy (non-hydrogen) atoms. The molecule has 1 aromatic rings. The van der Waals surface area contributed by atoms with Crippen molar-refractivity contribution in [1.29, 1.82) is 0 Å². The van der Waals surface area contributed by atoms with E-state index in [-0.39, 0.29) is 24.0 Å². The van der Waals surface area contributed by atoms with Crippen LogP contribution >= 0.6 is 0 Å². The number of nitrogens with zero attached hydrogens (tertiary/aromatic N) is 2. The zero-order chi connectivity index (χ0) is 20.3. The third-order valence-electron chi connectivity index (χ3n) is 4.92. The van der Waals surface area contributed by atoms with Crippen LogP contribution in [0.5, 0.6) is 11.5 Å². The van der Waals surface area contributed by atoms with Gasteiger partial charge >= 0.3 is 6.09 Å². The van der Waals surface area contributed by atoms with Crippen molar-refractivity contribution in [3.8, 4) is 11.5 Å². The fourth-order valence-corrected chi connectivity index (χ4v) is 3.50. The minimum absolute atomic E-state index is 0.0829. The molecular weight excluding hydrogens is 360 g/mol. The van der Waals surface area contributed by atoms with Crippen molar-refractivity contribution in [1.82, 2.24) is 9.80 Å². The second-order valence-corrected chi connectivity index (χ2v) is 8.46. The first-order chi connectivity index (χ1) is 13.2. The number of ether oxygens (including phenoxy) is 3. The van der Waals surface area contributed by atoms with Gasteiger partial charge in [-0.05, 0) is 45.7 Å². The molecule has 0 spiro atoms. The Kier molecular flexibility index (Phi) is 6.01. The van der Waals surface area contributed by atoms with Crippen LogP contribution in [0, 0.1) is 5.92 Å². The molecule has 3 rings (SSSR count). The Morgan fingerprint density at radius 2 is 1.82 bits per heavy atom. The highest BCUT2D eigenvalue weighted by Gasteiger charge is 2.32. The van der Waals surface area contributed by atoms with Crippen LogP contribution in [-0.4, -0.2) is 66.8 Å². The lowest BCUT2D eigenvalue weighted by atomic mass is 9.95. The average molecular weight is 390 g/mol. The number of likely N-dealkylation sites (N-methyl/N-ethyl adjacent to an activating group) is 1. The smallest absolute Gasteiger partial charge is 0.410 e. The molecule has 7 heteroatoms. The van der Waals surface area contributed by atoms with E-state index in [9.17, 15) is 9.59 Å². The number of likely N-dealkylation sites (tertiary alicyclic amines) is 1. The second-order valence-electron chi connectivity index (χ2n) is 8.46. The Balaban J connectivity index is 1.47. The van der Waals surface area contributed by atoms with E-state index in [4.69, 9.17) is 14.2 Å². The number of carbonyl (C=O) groups excluding carboxylic acids is 2. The Hall–Kier alpha value is -2.44. The van der Waals surface area contributed by atoms with Gasteiger partial charge < -0.3 is 24.0 Å². The molecular formula is C21H30N2O5. The zero-order valence-electron chi connectivity index (χ0n) is 17.1. The number of piperidine rings is 1. The van der Waals surface area contributed by atoms with Crippen LogP contribution in [0.3, 0.4) is 0 Å². The lowest BCUT2D eigenvalue weighted by molar-refractivity contribution is -0.137. The Labute approximate surface area is 166 Å². The topological polar surface area (TPSA) is 68.3 Å². The van der Waals surface area contributed by atoms with E-state index in [2.05, 4.69) is 0 Å². The van der Waals surface area contributed by atoms with Crippen LogP contribution in [0.4, 0.5) is 4.79 Å². The maximum Gasteiger partial charge on any atom is 0.410 e. The predicted octanol–water partition coefficient (Wildman–Crippen LogP) is 2.93. The van der Waals surface area contributed by atoms with Gasteiger partial charge in [0.05, 0.1) is 6.54 Å². The van der Waals surface area contributed by atoms with E-state index >= 15 is 0 Å². The quantitative estimate of drug-likeness (QED) is 0.794. The number of benzene rings is 1. The summed E-state index contributed by atoms with van der Waals surface area (Å²) in [4.78, 5) is 28.4. The summed E-state index contributed by atoms with van der Waals surface area (Å²) in [5, 5.41) is 0. The molecule has 2 heterocycles. The summed E-state index contributed by atoms with van der Waals surface area (Å²) in [7, 11) is 1.80. The number of hydrogen-bond acceptors (Lipinski definition) is 5. The maximum atomic E-state index is 12.8. The summed E-state index contributed by atoms with van der Waals surface area (Å²) in [6.45, 7) is 7.53. The lowest BCUT2D eigenvalue weighted by Gasteiger charge is -2.35. The monoisotopic (exact) mass is 390 g/mol. The molecule has 1 atom stereocenters. The van der Waals surface area contributed by atoms with E-state index in [0.717, 1.165) is 5.75 Å². The first-order valence-corrected chi connectivity index (χ1v) is 9.84. The molecule has 2 aliphatic heterocycles. The summed E-state index contributed by atoms with van der Waals surface area (Å²) in [5.74, 6) is 1.46. The van der Waals surface area contributed by atoms with E-state index in [1.807, 2.05) is 45.0 Å². The van der Waals surface area contributed by atoms with Crippen LogP contribution in [0.1, 0.15) is 33.6 Å². The molecule has 7 nitrogen and oxygen atoms in total. The number of amides is 2. The highest BCUT2D eigenvalue weighted by molar-refractivity contribution is 5.79. The molecule has 2 aliphatic rings. The molecule has 0 bridgehead atoms. The van der Waals surface area contributed by atoms with Crippen molar-refractivity contribution in [2.45, 2.75) is 45.3 Å². The molecule has 0 aromatic heterocycles. The molecule has 2 amide bonds. The lowest BCUT2D eigenvalue weighted by Crippen LogP contribution is -2.47. The highest BCUT2D eigenvalue weighted by Crippen LogP contribution is 2.31.